The second-order valence-corrected chi connectivity index (χ2v) is 6.41. The normalized spacial score (nSPS) is 15.4. The molecule has 0 aliphatic carbocycles. The third kappa shape index (κ3) is 4.32. The molecule has 1 aromatic carbocycles. The summed E-state index contributed by atoms with van der Waals surface area (Å²) in [5.74, 6) is -0.790. The summed E-state index contributed by atoms with van der Waals surface area (Å²) in [6.45, 7) is 1.16. The molecule has 2 aromatic rings. The van der Waals surface area contributed by atoms with Crippen LogP contribution in [-0.4, -0.2) is 34.0 Å². The SMILES string of the molecule is O=C(Cc1ccc(O)cn1)N1CCC(Cc2c(F)cccc2F)CC1. The number of amides is 1. The van der Waals surface area contributed by atoms with E-state index in [1.807, 2.05) is 0 Å². The lowest BCUT2D eigenvalue weighted by molar-refractivity contribution is -0.131. The smallest absolute Gasteiger partial charge is 0.228 e. The molecular formula is C19H20F2N2O2. The minimum absolute atomic E-state index is 0.0197. The Bertz CT molecular complexity index is 721. The fourth-order valence-corrected chi connectivity index (χ4v) is 3.19. The number of aromatic hydroxyl groups is 1. The van der Waals surface area contributed by atoms with Crippen molar-refractivity contribution in [2.45, 2.75) is 25.7 Å². The molecule has 0 radical (unpaired) electrons. The molecule has 0 bridgehead atoms. The minimum atomic E-state index is -0.503. The molecule has 4 nitrogen and oxygen atoms in total. The van der Waals surface area contributed by atoms with Crippen molar-refractivity contribution in [3.8, 4) is 5.75 Å². The van der Waals surface area contributed by atoms with Gasteiger partial charge in [-0.3, -0.25) is 9.78 Å². The highest BCUT2D eigenvalue weighted by atomic mass is 19.1. The zero-order valence-corrected chi connectivity index (χ0v) is 13.8. The molecule has 0 spiro atoms. The number of rotatable bonds is 4. The van der Waals surface area contributed by atoms with Gasteiger partial charge in [-0.05, 0) is 49.4 Å². The van der Waals surface area contributed by atoms with Crippen molar-refractivity contribution in [3.05, 3.63) is 59.4 Å². The average molecular weight is 346 g/mol. The van der Waals surface area contributed by atoms with Crippen molar-refractivity contribution in [1.29, 1.82) is 0 Å². The van der Waals surface area contributed by atoms with E-state index in [1.54, 1.807) is 11.0 Å². The summed E-state index contributed by atoms with van der Waals surface area (Å²) < 4.78 is 27.5. The van der Waals surface area contributed by atoms with E-state index in [-0.39, 0.29) is 29.6 Å². The molecule has 0 atom stereocenters. The van der Waals surface area contributed by atoms with Gasteiger partial charge in [0, 0.05) is 24.3 Å². The van der Waals surface area contributed by atoms with Crippen molar-refractivity contribution in [2.75, 3.05) is 13.1 Å². The molecule has 1 aliphatic heterocycles. The predicted octanol–water partition coefficient (Wildman–Crippen LogP) is 3.09. The standard InChI is InChI=1S/C19H20F2N2O2/c20-17-2-1-3-18(21)16(17)10-13-6-8-23(9-7-13)19(25)11-14-4-5-15(24)12-22-14/h1-5,12-13,24H,6-11H2. The number of hydrogen-bond donors (Lipinski definition) is 1. The van der Waals surface area contributed by atoms with E-state index in [4.69, 9.17) is 0 Å². The lowest BCUT2D eigenvalue weighted by Crippen LogP contribution is -2.39. The lowest BCUT2D eigenvalue weighted by Gasteiger charge is -2.32. The molecule has 6 heteroatoms. The third-order valence-electron chi connectivity index (χ3n) is 4.66. The number of carbonyl (C=O) groups is 1. The molecule has 1 aliphatic rings. The number of nitrogens with zero attached hydrogens (tertiary/aromatic N) is 2. The maximum Gasteiger partial charge on any atom is 0.228 e. The van der Waals surface area contributed by atoms with Crippen molar-refractivity contribution < 1.29 is 18.7 Å². The molecular weight excluding hydrogens is 326 g/mol. The molecule has 1 amide bonds. The molecule has 0 unspecified atom stereocenters. The van der Waals surface area contributed by atoms with Crippen LogP contribution in [0.1, 0.15) is 24.1 Å². The van der Waals surface area contributed by atoms with Gasteiger partial charge in [0.1, 0.15) is 17.4 Å². The van der Waals surface area contributed by atoms with Crippen LogP contribution in [-0.2, 0) is 17.6 Å². The topological polar surface area (TPSA) is 53.4 Å². The minimum Gasteiger partial charge on any atom is -0.506 e. The number of piperidine rings is 1. The van der Waals surface area contributed by atoms with Crippen LogP contribution in [0.3, 0.4) is 0 Å². The Kier molecular flexibility index (Phi) is 5.26. The van der Waals surface area contributed by atoms with E-state index in [2.05, 4.69) is 4.98 Å². The van der Waals surface area contributed by atoms with Gasteiger partial charge in [0.15, 0.2) is 0 Å². The zero-order valence-electron chi connectivity index (χ0n) is 13.8. The van der Waals surface area contributed by atoms with Gasteiger partial charge in [0.05, 0.1) is 12.6 Å². The lowest BCUT2D eigenvalue weighted by atomic mass is 9.89. The quantitative estimate of drug-likeness (QED) is 0.926. The number of carbonyl (C=O) groups excluding carboxylic acids is 1. The van der Waals surface area contributed by atoms with Crippen LogP contribution in [0, 0.1) is 17.6 Å². The molecule has 1 saturated heterocycles. The Morgan fingerprint density at radius 1 is 1.16 bits per heavy atom. The maximum atomic E-state index is 13.8. The average Bonchev–Trinajstić information content (AvgIpc) is 2.61. The predicted molar refractivity (Wildman–Crippen MR) is 89.0 cm³/mol. The van der Waals surface area contributed by atoms with Gasteiger partial charge >= 0.3 is 0 Å². The van der Waals surface area contributed by atoms with Crippen LogP contribution in [0.25, 0.3) is 0 Å². The summed E-state index contributed by atoms with van der Waals surface area (Å²) in [6.07, 6.45) is 3.32. The fourth-order valence-electron chi connectivity index (χ4n) is 3.19. The molecule has 1 aromatic heterocycles. The van der Waals surface area contributed by atoms with Gasteiger partial charge in [0.25, 0.3) is 0 Å². The summed E-state index contributed by atoms with van der Waals surface area (Å²) >= 11 is 0. The molecule has 0 saturated carbocycles. The number of halogens is 2. The highest BCUT2D eigenvalue weighted by Crippen LogP contribution is 2.25. The van der Waals surface area contributed by atoms with E-state index in [1.165, 1.54) is 30.5 Å². The van der Waals surface area contributed by atoms with Gasteiger partial charge in [-0.2, -0.15) is 0 Å². The van der Waals surface area contributed by atoms with Gasteiger partial charge in [-0.15, -0.1) is 0 Å². The van der Waals surface area contributed by atoms with Crippen LogP contribution in [0.4, 0.5) is 8.78 Å². The highest BCUT2D eigenvalue weighted by molar-refractivity contribution is 5.78. The Balaban J connectivity index is 1.53. The second kappa shape index (κ2) is 7.59. The molecule has 1 fully saturated rings. The summed E-state index contributed by atoms with van der Waals surface area (Å²) in [4.78, 5) is 18.1. The number of aromatic nitrogens is 1. The molecule has 2 heterocycles. The summed E-state index contributed by atoms with van der Waals surface area (Å²) in [5, 5.41) is 9.22. The first kappa shape index (κ1) is 17.3. The molecule has 132 valence electrons. The fraction of sp³-hybridized carbons (Fsp3) is 0.368. The van der Waals surface area contributed by atoms with E-state index in [0.29, 0.717) is 25.2 Å². The van der Waals surface area contributed by atoms with Crippen LogP contribution in [0.15, 0.2) is 36.5 Å². The Hall–Kier alpha value is -2.50. The summed E-state index contributed by atoms with van der Waals surface area (Å²) in [7, 11) is 0. The van der Waals surface area contributed by atoms with Gasteiger partial charge < -0.3 is 10.0 Å². The Morgan fingerprint density at radius 3 is 2.44 bits per heavy atom. The van der Waals surface area contributed by atoms with Gasteiger partial charge in [-0.25, -0.2) is 8.78 Å². The van der Waals surface area contributed by atoms with E-state index in [9.17, 15) is 18.7 Å². The highest BCUT2D eigenvalue weighted by Gasteiger charge is 2.24. The third-order valence-corrected chi connectivity index (χ3v) is 4.66. The Labute approximate surface area is 145 Å². The van der Waals surface area contributed by atoms with Crippen molar-refractivity contribution >= 4 is 5.91 Å². The number of pyridine rings is 1. The Morgan fingerprint density at radius 2 is 1.84 bits per heavy atom. The van der Waals surface area contributed by atoms with Crippen molar-refractivity contribution in [1.82, 2.24) is 9.88 Å². The van der Waals surface area contributed by atoms with E-state index < -0.39 is 11.6 Å². The van der Waals surface area contributed by atoms with E-state index >= 15 is 0 Å². The number of benzene rings is 1. The molecule has 3 rings (SSSR count). The second-order valence-electron chi connectivity index (χ2n) is 6.41. The van der Waals surface area contributed by atoms with Crippen molar-refractivity contribution in [3.63, 3.8) is 0 Å². The first-order valence-electron chi connectivity index (χ1n) is 8.37. The number of likely N-dealkylation sites (tertiary alicyclic amines) is 1. The zero-order chi connectivity index (χ0) is 17.8. The van der Waals surface area contributed by atoms with Gasteiger partial charge in [-0.1, -0.05) is 6.07 Å². The summed E-state index contributed by atoms with van der Waals surface area (Å²) in [6, 6.07) is 7.06. The van der Waals surface area contributed by atoms with Gasteiger partial charge in [0.2, 0.25) is 5.91 Å². The van der Waals surface area contributed by atoms with Crippen LogP contribution >= 0.6 is 0 Å². The first-order valence-corrected chi connectivity index (χ1v) is 8.37. The van der Waals surface area contributed by atoms with Crippen LogP contribution < -0.4 is 0 Å². The monoisotopic (exact) mass is 346 g/mol. The molecule has 1 N–H and O–H groups in total. The molecule has 25 heavy (non-hydrogen) atoms. The first-order chi connectivity index (χ1) is 12.0. The van der Waals surface area contributed by atoms with Crippen LogP contribution in [0.5, 0.6) is 5.75 Å². The van der Waals surface area contributed by atoms with E-state index in [0.717, 1.165) is 12.8 Å². The van der Waals surface area contributed by atoms with Crippen molar-refractivity contribution in [2.24, 2.45) is 5.92 Å². The largest absolute Gasteiger partial charge is 0.506 e. The summed E-state index contributed by atoms with van der Waals surface area (Å²) in [5.41, 5.74) is 0.749. The number of hydrogen-bond acceptors (Lipinski definition) is 3. The van der Waals surface area contributed by atoms with Crippen LogP contribution in [0.2, 0.25) is 0 Å². The maximum absolute atomic E-state index is 13.8.